The average molecular weight is 290 g/mol. The van der Waals surface area contributed by atoms with E-state index in [2.05, 4.69) is 6.92 Å². The number of rotatable bonds is 7. The van der Waals surface area contributed by atoms with Crippen LogP contribution in [0, 0.1) is 12.8 Å². The Kier molecular flexibility index (Phi) is 5.37. The van der Waals surface area contributed by atoms with Gasteiger partial charge < -0.3 is 15.4 Å². The lowest BCUT2D eigenvalue weighted by molar-refractivity contribution is -0.136. The maximum absolute atomic E-state index is 12.8. The highest BCUT2D eigenvalue weighted by atomic mass is 16.5. The second kappa shape index (κ2) is 7.05. The van der Waals surface area contributed by atoms with Crippen LogP contribution in [0.25, 0.3) is 0 Å². The van der Waals surface area contributed by atoms with Crippen LogP contribution < -0.4 is 5.73 Å². The number of carbonyl (C=O) groups is 1. The van der Waals surface area contributed by atoms with Crippen molar-refractivity contribution in [1.29, 1.82) is 0 Å². The number of carbonyl (C=O) groups excluding carboxylic acids is 1. The van der Waals surface area contributed by atoms with Crippen molar-refractivity contribution >= 4 is 5.91 Å². The van der Waals surface area contributed by atoms with Crippen molar-refractivity contribution in [2.24, 2.45) is 11.7 Å². The van der Waals surface area contributed by atoms with E-state index in [0.29, 0.717) is 19.1 Å². The molecule has 1 aliphatic rings. The smallest absolute Gasteiger partial charge is 0.244 e. The van der Waals surface area contributed by atoms with Crippen LogP contribution in [0.2, 0.25) is 0 Å². The Morgan fingerprint density at radius 3 is 2.52 bits per heavy atom. The maximum Gasteiger partial charge on any atom is 0.244 e. The number of nitrogens with zero attached hydrogens (tertiary/aromatic N) is 1. The minimum absolute atomic E-state index is 0.00435. The van der Waals surface area contributed by atoms with Crippen molar-refractivity contribution in [3.63, 3.8) is 0 Å². The summed E-state index contributed by atoms with van der Waals surface area (Å²) in [5.41, 5.74) is 8.23. The van der Waals surface area contributed by atoms with Crippen LogP contribution in [0.3, 0.4) is 0 Å². The molecule has 116 valence electrons. The number of ether oxygens (including phenoxy) is 1. The third kappa shape index (κ3) is 4.05. The first-order valence-corrected chi connectivity index (χ1v) is 7.66. The van der Waals surface area contributed by atoms with Crippen LogP contribution in [0.1, 0.15) is 36.9 Å². The molecule has 21 heavy (non-hydrogen) atoms. The van der Waals surface area contributed by atoms with Crippen LogP contribution >= 0.6 is 0 Å². The second-order valence-electron chi connectivity index (χ2n) is 5.99. The topological polar surface area (TPSA) is 55.6 Å². The molecule has 1 fully saturated rings. The molecule has 2 N–H and O–H groups in total. The zero-order chi connectivity index (χ0) is 15.4. The highest BCUT2D eigenvalue weighted by Gasteiger charge is 2.35. The van der Waals surface area contributed by atoms with Crippen molar-refractivity contribution in [3.05, 3.63) is 35.4 Å². The van der Waals surface area contributed by atoms with Crippen LogP contribution in [-0.4, -0.2) is 37.1 Å². The predicted octanol–water partition coefficient (Wildman–Crippen LogP) is 2.27. The largest absolute Gasteiger partial charge is 0.383 e. The molecule has 0 aliphatic heterocycles. The lowest BCUT2D eigenvalue weighted by atomic mass is 10.0. The van der Waals surface area contributed by atoms with Gasteiger partial charge in [-0.1, -0.05) is 29.8 Å². The lowest BCUT2D eigenvalue weighted by Gasteiger charge is -2.31. The molecule has 0 bridgehead atoms. The summed E-state index contributed by atoms with van der Waals surface area (Å²) in [6.07, 6.45) is 2.41. The highest BCUT2D eigenvalue weighted by Crippen LogP contribution is 2.35. The van der Waals surface area contributed by atoms with E-state index in [1.165, 1.54) is 18.4 Å². The van der Waals surface area contributed by atoms with Crippen LogP contribution in [0.15, 0.2) is 24.3 Å². The fourth-order valence-corrected chi connectivity index (χ4v) is 2.63. The normalized spacial score (nSPS) is 17.3. The summed E-state index contributed by atoms with van der Waals surface area (Å²) < 4.78 is 5.14. The van der Waals surface area contributed by atoms with Gasteiger partial charge in [0.05, 0.1) is 6.61 Å². The summed E-state index contributed by atoms with van der Waals surface area (Å²) in [4.78, 5) is 14.6. The van der Waals surface area contributed by atoms with Gasteiger partial charge in [0.25, 0.3) is 0 Å². The molecule has 2 rings (SSSR count). The second-order valence-corrected chi connectivity index (χ2v) is 5.99. The summed E-state index contributed by atoms with van der Waals surface area (Å²) in [6, 6.07) is 7.51. The van der Waals surface area contributed by atoms with Crippen LogP contribution in [0.4, 0.5) is 0 Å². The number of hydrogen-bond acceptors (Lipinski definition) is 3. The van der Waals surface area contributed by atoms with Gasteiger partial charge in [-0.05, 0) is 38.2 Å². The molecular formula is C17H26N2O2. The molecule has 4 nitrogen and oxygen atoms in total. The van der Waals surface area contributed by atoms with E-state index in [1.54, 1.807) is 7.11 Å². The molecule has 0 heterocycles. The van der Waals surface area contributed by atoms with Crippen molar-refractivity contribution in [2.45, 2.75) is 38.8 Å². The standard InChI is InChI=1S/C17H26N2O2/c1-12-4-6-15(7-5-12)16(18)17(20)19(10-11-21-3)13(2)14-8-9-14/h4-7,13-14,16H,8-11,18H2,1-3H3. The monoisotopic (exact) mass is 290 g/mol. The molecule has 1 aromatic carbocycles. The molecule has 1 aliphatic carbocycles. The van der Waals surface area contributed by atoms with Crippen LogP contribution in [-0.2, 0) is 9.53 Å². The van der Waals surface area contributed by atoms with Gasteiger partial charge in [0.15, 0.2) is 0 Å². The number of hydrogen-bond donors (Lipinski definition) is 1. The van der Waals surface area contributed by atoms with E-state index in [1.807, 2.05) is 36.1 Å². The molecular weight excluding hydrogens is 264 g/mol. The zero-order valence-electron chi connectivity index (χ0n) is 13.2. The van der Waals surface area contributed by atoms with Gasteiger partial charge in [0.2, 0.25) is 5.91 Å². The van der Waals surface area contributed by atoms with Crippen LogP contribution in [0.5, 0.6) is 0 Å². The number of methoxy groups -OCH3 is 1. The molecule has 1 aromatic rings. The van der Waals surface area contributed by atoms with E-state index in [0.717, 1.165) is 5.56 Å². The van der Waals surface area contributed by atoms with E-state index in [4.69, 9.17) is 10.5 Å². The van der Waals surface area contributed by atoms with Gasteiger partial charge in [-0.25, -0.2) is 0 Å². The number of benzene rings is 1. The Labute approximate surface area is 127 Å². The zero-order valence-corrected chi connectivity index (χ0v) is 13.2. The number of aryl methyl sites for hydroxylation is 1. The molecule has 0 spiro atoms. The minimum Gasteiger partial charge on any atom is -0.383 e. The fraction of sp³-hybridized carbons (Fsp3) is 0.588. The molecule has 0 saturated heterocycles. The van der Waals surface area contributed by atoms with Gasteiger partial charge >= 0.3 is 0 Å². The van der Waals surface area contributed by atoms with E-state index >= 15 is 0 Å². The highest BCUT2D eigenvalue weighted by molar-refractivity contribution is 5.83. The van der Waals surface area contributed by atoms with Crippen molar-refractivity contribution in [3.8, 4) is 0 Å². The Morgan fingerprint density at radius 2 is 2.00 bits per heavy atom. The van der Waals surface area contributed by atoms with Gasteiger partial charge in [-0.2, -0.15) is 0 Å². The van der Waals surface area contributed by atoms with E-state index < -0.39 is 6.04 Å². The molecule has 4 heteroatoms. The fourth-order valence-electron chi connectivity index (χ4n) is 2.63. The summed E-state index contributed by atoms with van der Waals surface area (Å²) in [6.45, 7) is 5.29. The number of nitrogens with two attached hydrogens (primary N) is 1. The predicted molar refractivity (Wildman–Crippen MR) is 83.9 cm³/mol. The summed E-state index contributed by atoms with van der Waals surface area (Å²) in [5, 5.41) is 0. The molecule has 2 atom stereocenters. The summed E-state index contributed by atoms with van der Waals surface area (Å²) in [7, 11) is 1.66. The van der Waals surface area contributed by atoms with E-state index in [-0.39, 0.29) is 11.9 Å². The maximum atomic E-state index is 12.8. The lowest BCUT2D eigenvalue weighted by Crippen LogP contribution is -2.46. The summed E-state index contributed by atoms with van der Waals surface area (Å²) >= 11 is 0. The first kappa shape index (κ1) is 16.0. The minimum atomic E-state index is -0.594. The SMILES string of the molecule is COCCN(C(=O)C(N)c1ccc(C)cc1)C(C)C1CC1. The van der Waals surface area contributed by atoms with Gasteiger partial charge in [0, 0.05) is 19.7 Å². The Bertz CT molecular complexity index is 468. The first-order chi connectivity index (χ1) is 10.0. The average Bonchev–Trinajstić information content (AvgIpc) is 3.32. The van der Waals surface area contributed by atoms with Crippen molar-refractivity contribution in [1.82, 2.24) is 4.90 Å². The molecule has 0 radical (unpaired) electrons. The van der Waals surface area contributed by atoms with E-state index in [9.17, 15) is 4.79 Å². The summed E-state index contributed by atoms with van der Waals surface area (Å²) in [5.74, 6) is 0.617. The Balaban J connectivity index is 2.10. The molecule has 1 amide bonds. The quantitative estimate of drug-likeness (QED) is 0.838. The Morgan fingerprint density at radius 1 is 1.38 bits per heavy atom. The first-order valence-electron chi connectivity index (χ1n) is 7.66. The molecule has 1 saturated carbocycles. The molecule has 2 unspecified atom stereocenters. The van der Waals surface area contributed by atoms with Crippen molar-refractivity contribution in [2.75, 3.05) is 20.3 Å². The third-order valence-corrected chi connectivity index (χ3v) is 4.32. The van der Waals surface area contributed by atoms with Crippen molar-refractivity contribution < 1.29 is 9.53 Å². The molecule has 0 aromatic heterocycles. The van der Waals surface area contributed by atoms with Gasteiger partial charge in [-0.3, -0.25) is 4.79 Å². The van der Waals surface area contributed by atoms with Gasteiger partial charge in [0.1, 0.15) is 6.04 Å². The Hall–Kier alpha value is -1.39. The number of amides is 1. The third-order valence-electron chi connectivity index (χ3n) is 4.32. The van der Waals surface area contributed by atoms with Gasteiger partial charge in [-0.15, -0.1) is 0 Å².